The first-order chi connectivity index (χ1) is 12.8. The molecule has 0 radical (unpaired) electrons. The molecule has 27 heavy (non-hydrogen) atoms. The molecular weight excluding hydrogens is 370 g/mol. The van der Waals surface area contributed by atoms with Gasteiger partial charge in [-0.2, -0.15) is 22.0 Å². The number of nitrogens with zero attached hydrogens (tertiary/aromatic N) is 5. The predicted molar refractivity (Wildman–Crippen MR) is 99.2 cm³/mol. The predicted octanol–water partition coefficient (Wildman–Crippen LogP) is 0.999. The maximum Gasteiger partial charge on any atom is 0.281 e. The molecule has 1 aromatic rings. The second-order valence-electron chi connectivity index (χ2n) is 7.58. The number of rotatable bonds is 7. The molecule has 0 N–H and O–H groups in total. The van der Waals surface area contributed by atoms with E-state index >= 15 is 0 Å². The molecule has 152 valence electrons. The SMILES string of the molecule is CC(=O)N(CCc1noc(C2CCC2)n1)C1CCCN(S(=O)(=O)N(C)C)C1. The Bertz CT molecular complexity index is 759. The first-order valence-corrected chi connectivity index (χ1v) is 11.0. The van der Waals surface area contributed by atoms with Crippen molar-refractivity contribution in [2.75, 3.05) is 33.7 Å². The van der Waals surface area contributed by atoms with Gasteiger partial charge < -0.3 is 9.42 Å². The van der Waals surface area contributed by atoms with E-state index in [9.17, 15) is 13.2 Å². The molecule has 1 aromatic heterocycles. The highest BCUT2D eigenvalue weighted by Gasteiger charge is 2.34. The summed E-state index contributed by atoms with van der Waals surface area (Å²) < 4.78 is 32.9. The van der Waals surface area contributed by atoms with E-state index < -0.39 is 10.2 Å². The molecule has 2 fully saturated rings. The van der Waals surface area contributed by atoms with E-state index in [-0.39, 0.29) is 11.9 Å². The molecule has 1 saturated heterocycles. The molecular formula is C17H29N5O4S. The van der Waals surface area contributed by atoms with Crippen molar-refractivity contribution >= 4 is 16.1 Å². The van der Waals surface area contributed by atoms with Gasteiger partial charge in [-0.1, -0.05) is 11.6 Å². The average Bonchev–Trinajstić information content (AvgIpc) is 3.01. The van der Waals surface area contributed by atoms with Crippen LogP contribution in [0.1, 0.15) is 56.7 Å². The number of aromatic nitrogens is 2. The summed E-state index contributed by atoms with van der Waals surface area (Å²) in [5.41, 5.74) is 0. The van der Waals surface area contributed by atoms with Crippen molar-refractivity contribution in [1.82, 2.24) is 23.7 Å². The average molecular weight is 400 g/mol. The van der Waals surface area contributed by atoms with Crippen LogP contribution >= 0.6 is 0 Å². The topological polar surface area (TPSA) is 99.9 Å². The van der Waals surface area contributed by atoms with Crippen molar-refractivity contribution in [1.29, 1.82) is 0 Å². The van der Waals surface area contributed by atoms with Gasteiger partial charge in [-0.15, -0.1) is 0 Å². The van der Waals surface area contributed by atoms with Gasteiger partial charge in [-0.25, -0.2) is 0 Å². The fraction of sp³-hybridized carbons (Fsp3) is 0.824. The largest absolute Gasteiger partial charge is 0.339 e. The Kier molecular flexibility index (Phi) is 6.17. The van der Waals surface area contributed by atoms with Gasteiger partial charge in [0, 0.05) is 59.0 Å². The van der Waals surface area contributed by atoms with E-state index in [0.29, 0.717) is 43.7 Å². The van der Waals surface area contributed by atoms with Crippen LogP contribution in [0.2, 0.25) is 0 Å². The van der Waals surface area contributed by atoms with Gasteiger partial charge in [0.1, 0.15) is 0 Å². The third-order valence-corrected chi connectivity index (χ3v) is 7.41. The second-order valence-corrected chi connectivity index (χ2v) is 9.73. The highest BCUT2D eigenvalue weighted by atomic mass is 32.2. The maximum atomic E-state index is 12.4. The fourth-order valence-corrected chi connectivity index (χ4v) is 4.81. The summed E-state index contributed by atoms with van der Waals surface area (Å²) in [5, 5.41) is 4.04. The Morgan fingerprint density at radius 1 is 1.26 bits per heavy atom. The molecule has 0 spiro atoms. The highest BCUT2D eigenvalue weighted by molar-refractivity contribution is 7.86. The molecule has 1 saturated carbocycles. The van der Waals surface area contributed by atoms with E-state index in [0.717, 1.165) is 25.7 Å². The molecule has 9 nitrogen and oxygen atoms in total. The molecule has 2 heterocycles. The van der Waals surface area contributed by atoms with E-state index in [1.165, 1.54) is 36.1 Å². The number of carbonyl (C=O) groups excluding carboxylic acids is 1. The van der Waals surface area contributed by atoms with Crippen LogP contribution in [-0.4, -0.2) is 77.7 Å². The molecule has 2 aliphatic rings. The molecule has 1 unspecified atom stereocenters. The number of hydrogen-bond acceptors (Lipinski definition) is 6. The van der Waals surface area contributed by atoms with Crippen LogP contribution in [0.5, 0.6) is 0 Å². The Balaban J connectivity index is 1.62. The molecule has 1 amide bonds. The third-order valence-electron chi connectivity index (χ3n) is 5.51. The smallest absolute Gasteiger partial charge is 0.281 e. The summed E-state index contributed by atoms with van der Waals surface area (Å²) in [6.07, 6.45) is 5.42. The van der Waals surface area contributed by atoms with Gasteiger partial charge in [-0.05, 0) is 25.7 Å². The number of amides is 1. The van der Waals surface area contributed by atoms with Gasteiger partial charge in [-0.3, -0.25) is 4.79 Å². The van der Waals surface area contributed by atoms with Crippen molar-refractivity contribution in [2.24, 2.45) is 0 Å². The second kappa shape index (κ2) is 8.24. The van der Waals surface area contributed by atoms with Crippen molar-refractivity contribution < 1.29 is 17.7 Å². The van der Waals surface area contributed by atoms with Crippen molar-refractivity contribution in [3.8, 4) is 0 Å². The van der Waals surface area contributed by atoms with E-state index in [1.54, 1.807) is 4.90 Å². The van der Waals surface area contributed by atoms with Crippen molar-refractivity contribution in [3.05, 3.63) is 11.7 Å². The molecule has 0 bridgehead atoms. The van der Waals surface area contributed by atoms with Gasteiger partial charge in [0.2, 0.25) is 11.8 Å². The van der Waals surface area contributed by atoms with Crippen LogP contribution in [0.25, 0.3) is 0 Å². The number of piperidine rings is 1. The minimum atomic E-state index is -3.47. The first kappa shape index (κ1) is 20.2. The van der Waals surface area contributed by atoms with Crippen LogP contribution in [0, 0.1) is 0 Å². The minimum Gasteiger partial charge on any atom is -0.339 e. The first-order valence-electron chi connectivity index (χ1n) is 9.56. The molecule has 0 aromatic carbocycles. The lowest BCUT2D eigenvalue weighted by molar-refractivity contribution is -0.131. The highest BCUT2D eigenvalue weighted by Crippen LogP contribution is 2.35. The zero-order valence-electron chi connectivity index (χ0n) is 16.3. The monoisotopic (exact) mass is 399 g/mol. The zero-order valence-corrected chi connectivity index (χ0v) is 17.1. The maximum absolute atomic E-state index is 12.4. The van der Waals surface area contributed by atoms with E-state index in [1.807, 2.05) is 0 Å². The van der Waals surface area contributed by atoms with Crippen LogP contribution in [0.15, 0.2) is 4.52 Å². The summed E-state index contributed by atoms with van der Waals surface area (Å²) >= 11 is 0. The van der Waals surface area contributed by atoms with Crippen molar-refractivity contribution in [2.45, 2.75) is 57.4 Å². The van der Waals surface area contributed by atoms with Crippen LogP contribution in [-0.2, 0) is 21.4 Å². The zero-order chi connectivity index (χ0) is 19.6. The summed E-state index contributed by atoms with van der Waals surface area (Å²) in [7, 11) is -0.422. The Labute approximate surface area is 160 Å². The van der Waals surface area contributed by atoms with Crippen LogP contribution < -0.4 is 0 Å². The van der Waals surface area contributed by atoms with Gasteiger partial charge in [0.15, 0.2) is 5.82 Å². The Hall–Kier alpha value is -1.52. The minimum absolute atomic E-state index is 0.0631. The fourth-order valence-electron chi connectivity index (χ4n) is 3.62. The molecule has 10 heteroatoms. The van der Waals surface area contributed by atoms with Crippen molar-refractivity contribution in [3.63, 3.8) is 0 Å². The van der Waals surface area contributed by atoms with E-state index in [4.69, 9.17) is 4.52 Å². The van der Waals surface area contributed by atoms with Crippen LogP contribution in [0.3, 0.4) is 0 Å². The molecule has 1 aliphatic heterocycles. The molecule has 3 rings (SSSR count). The molecule has 1 aliphatic carbocycles. The lowest BCUT2D eigenvalue weighted by atomic mass is 9.85. The van der Waals surface area contributed by atoms with Gasteiger partial charge >= 0.3 is 0 Å². The quantitative estimate of drug-likeness (QED) is 0.678. The molecule has 1 atom stereocenters. The van der Waals surface area contributed by atoms with Gasteiger partial charge in [0.05, 0.1) is 0 Å². The Morgan fingerprint density at radius 3 is 2.59 bits per heavy atom. The van der Waals surface area contributed by atoms with E-state index in [2.05, 4.69) is 10.1 Å². The Morgan fingerprint density at radius 2 is 2.00 bits per heavy atom. The number of hydrogen-bond donors (Lipinski definition) is 0. The standard InChI is InChI=1S/C17H29N5O4S/c1-13(23)22(11-9-16-18-17(26-19-16)14-6-4-7-14)15-8-5-10-21(12-15)27(24,25)20(2)3/h14-15H,4-12H2,1-3H3. The van der Waals surface area contributed by atoms with Gasteiger partial charge in [0.25, 0.3) is 10.2 Å². The third kappa shape index (κ3) is 4.49. The van der Waals surface area contributed by atoms with Crippen LogP contribution in [0.4, 0.5) is 0 Å². The summed E-state index contributed by atoms with van der Waals surface area (Å²) in [4.78, 5) is 18.4. The summed E-state index contributed by atoms with van der Waals surface area (Å²) in [6.45, 7) is 2.78. The summed E-state index contributed by atoms with van der Waals surface area (Å²) in [5.74, 6) is 1.63. The summed E-state index contributed by atoms with van der Waals surface area (Å²) in [6, 6.07) is -0.135. The number of carbonyl (C=O) groups is 1. The normalized spacial score (nSPS) is 22.0. The lowest BCUT2D eigenvalue weighted by Crippen LogP contribution is -2.53. The lowest BCUT2D eigenvalue weighted by Gasteiger charge is -2.39.